The van der Waals surface area contributed by atoms with Gasteiger partial charge in [0.2, 0.25) is 0 Å². The summed E-state index contributed by atoms with van der Waals surface area (Å²) in [4.78, 5) is 9.31. The van der Waals surface area contributed by atoms with E-state index in [0.717, 1.165) is 74.6 Å². The van der Waals surface area contributed by atoms with Crippen molar-refractivity contribution < 1.29 is 9.47 Å². The molecular weight excluding hydrogens is 476 g/mol. The number of nitriles is 1. The number of nitrogens with one attached hydrogen (secondary N) is 3. The van der Waals surface area contributed by atoms with E-state index in [4.69, 9.17) is 26.1 Å². The highest BCUT2D eigenvalue weighted by Crippen LogP contribution is 2.32. The zero-order valence-corrected chi connectivity index (χ0v) is 21.4. The topological polar surface area (TPSA) is 104 Å². The van der Waals surface area contributed by atoms with E-state index in [2.05, 4.69) is 27.0 Å². The monoisotopic (exact) mass is 510 g/mol. The van der Waals surface area contributed by atoms with Crippen molar-refractivity contribution in [3.05, 3.63) is 35.5 Å². The summed E-state index contributed by atoms with van der Waals surface area (Å²) in [6.07, 6.45) is 9.18. The third-order valence-corrected chi connectivity index (χ3v) is 7.92. The molecule has 2 saturated heterocycles. The lowest BCUT2D eigenvalue weighted by Crippen LogP contribution is -2.34. The lowest BCUT2D eigenvalue weighted by molar-refractivity contribution is 0.0455. The molecule has 0 aromatic carbocycles. The highest BCUT2D eigenvalue weighted by molar-refractivity contribution is 6.33. The number of hydrogen-bond donors (Lipinski definition) is 3. The van der Waals surface area contributed by atoms with Gasteiger partial charge in [0.15, 0.2) is 0 Å². The highest BCUT2D eigenvalue weighted by Gasteiger charge is 2.32. The second kappa shape index (κ2) is 11.7. The number of nitrogens with zero attached hydrogens (tertiary/aromatic N) is 3. The Balaban J connectivity index is 1.20. The number of aromatic nitrogens is 2. The van der Waals surface area contributed by atoms with Crippen LogP contribution in [0.25, 0.3) is 11.3 Å². The minimum absolute atomic E-state index is 0.371. The Hall–Kier alpha value is -2.44. The van der Waals surface area contributed by atoms with Crippen LogP contribution in [-0.4, -0.2) is 61.1 Å². The van der Waals surface area contributed by atoms with Gasteiger partial charge >= 0.3 is 0 Å². The van der Waals surface area contributed by atoms with Crippen LogP contribution in [0.15, 0.2) is 30.5 Å². The molecule has 0 spiro atoms. The first-order valence-electron chi connectivity index (χ1n) is 13.1. The van der Waals surface area contributed by atoms with E-state index >= 15 is 0 Å². The van der Waals surface area contributed by atoms with Crippen LogP contribution >= 0.6 is 11.6 Å². The van der Waals surface area contributed by atoms with Gasteiger partial charge in [-0.05, 0) is 63.1 Å². The van der Waals surface area contributed by atoms with Crippen molar-refractivity contribution >= 4 is 23.2 Å². The summed E-state index contributed by atoms with van der Waals surface area (Å²) < 4.78 is 11.2. The molecule has 3 N–H and O–H groups in total. The zero-order valence-electron chi connectivity index (χ0n) is 20.6. The molecular formula is C27H35ClN6O2. The molecule has 4 heterocycles. The molecule has 0 amide bonds. The molecule has 0 radical (unpaired) electrons. The molecule has 8 nitrogen and oxygen atoms in total. The summed E-state index contributed by atoms with van der Waals surface area (Å²) in [7, 11) is 0. The smallest absolute Gasteiger partial charge is 0.126 e. The van der Waals surface area contributed by atoms with E-state index in [0.29, 0.717) is 43.0 Å². The van der Waals surface area contributed by atoms with Crippen LogP contribution in [0, 0.1) is 16.7 Å². The Morgan fingerprint density at radius 1 is 1.11 bits per heavy atom. The summed E-state index contributed by atoms with van der Waals surface area (Å²) in [5.41, 5.74) is 1.19. The Labute approximate surface area is 218 Å². The minimum Gasteiger partial charge on any atom is -0.381 e. The van der Waals surface area contributed by atoms with Gasteiger partial charge in [-0.3, -0.25) is 0 Å². The highest BCUT2D eigenvalue weighted by atomic mass is 35.5. The van der Waals surface area contributed by atoms with E-state index in [9.17, 15) is 5.26 Å². The van der Waals surface area contributed by atoms with Crippen LogP contribution in [0.2, 0.25) is 5.02 Å². The Bertz CT molecular complexity index is 1060. The first kappa shape index (κ1) is 25.2. The fraction of sp³-hybridized carbons (Fsp3) is 0.593. The van der Waals surface area contributed by atoms with Crippen molar-refractivity contribution in [1.29, 1.82) is 5.26 Å². The van der Waals surface area contributed by atoms with Gasteiger partial charge in [0, 0.05) is 56.8 Å². The molecule has 9 heteroatoms. The average molecular weight is 511 g/mol. The molecule has 2 aromatic heterocycles. The van der Waals surface area contributed by atoms with Gasteiger partial charge < -0.3 is 25.4 Å². The van der Waals surface area contributed by atoms with Crippen molar-refractivity contribution in [1.82, 2.24) is 15.3 Å². The van der Waals surface area contributed by atoms with E-state index in [1.807, 2.05) is 24.3 Å². The summed E-state index contributed by atoms with van der Waals surface area (Å²) in [5.74, 6) is 1.54. The average Bonchev–Trinajstić information content (AvgIpc) is 3.60. The standard InChI is InChI=1S/C27H35ClN6O2/c28-23-16-31-26(33-20-7-6-19(13-20)30-15-21-3-2-10-36-21)14-22(23)24-4-1-5-25(34-24)32-18-27(17-29)8-11-35-12-9-27/h1,4-5,14,16,19-21,30H,2-3,6-13,15,18H2,(H,31,33)(H,32,34)/t19-,20-,21?/m1/s1. The lowest BCUT2D eigenvalue weighted by Gasteiger charge is -2.30. The lowest BCUT2D eigenvalue weighted by atomic mass is 9.82. The van der Waals surface area contributed by atoms with E-state index < -0.39 is 5.41 Å². The van der Waals surface area contributed by atoms with Crippen molar-refractivity contribution in [3.8, 4) is 17.3 Å². The Morgan fingerprint density at radius 3 is 2.78 bits per heavy atom. The van der Waals surface area contributed by atoms with E-state index in [1.165, 1.54) is 6.42 Å². The second-order valence-corrected chi connectivity index (χ2v) is 10.6. The van der Waals surface area contributed by atoms with Gasteiger partial charge in [-0.15, -0.1) is 0 Å². The Kier molecular flexibility index (Phi) is 8.22. The predicted molar refractivity (Wildman–Crippen MR) is 141 cm³/mol. The molecule has 2 aliphatic heterocycles. The number of pyridine rings is 2. The van der Waals surface area contributed by atoms with Crippen molar-refractivity contribution in [3.63, 3.8) is 0 Å². The maximum atomic E-state index is 9.73. The summed E-state index contributed by atoms with van der Waals surface area (Å²) in [6, 6.07) is 11.2. The molecule has 0 bridgehead atoms. The molecule has 3 aliphatic rings. The van der Waals surface area contributed by atoms with Gasteiger partial charge in [0.05, 0.1) is 28.3 Å². The fourth-order valence-corrected chi connectivity index (χ4v) is 5.56. The number of ether oxygens (including phenoxy) is 2. The van der Waals surface area contributed by atoms with Gasteiger partial charge in [-0.1, -0.05) is 17.7 Å². The molecule has 192 valence electrons. The third kappa shape index (κ3) is 6.27. The first-order valence-corrected chi connectivity index (χ1v) is 13.5. The van der Waals surface area contributed by atoms with Gasteiger partial charge in [0.1, 0.15) is 11.6 Å². The molecule has 1 saturated carbocycles. The molecule has 1 aliphatic carbocycles. The predicted octanol–water partition coefficient (Wildman–Crippen LogP) is 4.63. The van der Waals surface area contributed by atoms with Crippen LogP contribution in [0.1, 0.15) is 44.9 Å². The van der Waals surface area contributed by atoms with Crippen molar-refractivity contribution in [2.24, 2.45) is 5.41 Å². The van der Waals surface area contributed by atoms with Gasteiger partial charge in [-0.2, -0.15) is 5.26 Å². The molecule has 1 unspecified atom stereocenters. The molecule has 3 atom stereocenters. The van der Waals surface area contributed by atoms with Crippen LogP contribution in [0.5, 0.6) is 0 Å². The minimum atomic E-state index is -0.417. The maximum absolute atomic E-state index is 9.73. The van der Waals surface area contributed by atoms with Crippen LogP contribution in [-0.2, 0) is 9.47 Å². The van der Waals surface area contributed by atoms with E-state index in [1.54, 1.807) is 6.20 Å². The third-order valence-electron chi connectivity index (χ3n) is 7.62. The van der Waals surface area contributed by atoms with Gasteiger partial charge in [-0.25, -0.2) is 9.97 Å². The SMILES string of the molecule is N#CC1(CNc2cccc(-c3cc(N[C@@H]4CC[C@@H](NCC5CCCO5)C4)ncc3Cl)n2)CCOCC1. The number of rotatable bonds is 9. The molecule has 2 aromatic rings. The molecule has 3 fully saturated rings. The molecule has 36 heavy (non-hydrogen) atoms. The number of hydrogen-bond acceptors (Lipinski definition) is 8. The van der Waals surface area contributed by atoms with Gasteiger partial charge in [0.25, 0.3) is 0 Å². The largest absolute Gasteiger partial charge is 0.381 e. The molecule has 5 rings (SSSR count). The first-order chi connectivity index (χ1) is 17.6. The van der Waals surface area contributed by atoms with Crippen LogP contribution < -0.4 is 16.0 Å². The number of halogens is 1. The number of anilines is 2. The quantitative estimate of drug-likeness (QED) is 0.448. The zero-order chi connectivity index (χ0) is 24.8. The maximum Gasteiger partial charge on any atom is 0.126 e. The van der Waals surface area contributed by atoms with Crippen LogP contribution in [0.4, 0.5) is 11.6 Å². The Morgan fingerprint density at radius 2 is 1.97 bits per heavy atom. The fourth-order valence-electron chi connectivity index (χ4n) is 5.36. The second-order valence-electron chi connectivity index (χ2n) is 10.2. The summed E-state index contributed by atoms with van der Waals surface area (Å²) in [6.45, 7) is 3.63. The normalized spacial score (nSPS) is 25.4. The van der Waals surface area contributed by atoms with E-state index in [-0.39, 0.29) is 0 Å². The van der Waals surface area contributed by atoms with Crippen molar-refractivity contribution in [2.75, 3.05) is 43.5 Å². The summed E-state index contributed by atoms with van der Waals surface area (Å²) in [5, 5.41) is 20.9. The summed E-state index contributed by atoms with van der Waals surface area (Å²) >= 11 is 6.54. The van der Waals surface area contributed by atoms with Crippen LogP contribution in [0.3, 0.4) is 0 Å². The van der Waals surface area contributed by atoms with Crippen molar-refractivity contribution in [2.45, 2.75) is 63.1 Å².